The molecule has 1 aliphatic heterocycles. The molecule has 0 aromatic heterocycles. The smallest absolute Gasteiger partial charge is 0.297 e. The number of nitro groups is 1. The molecule has 0 aliphatic carbocycles. The van der Waals surface area contributed by atoms with Crippen molar-refractivity contribution in [2.75, 3.05) is 16.8 Å². The summed E-state index contributed by atoms with van der Waals surface area (Å²) in [4.78, 5) is 24.3. The lowest BCUT2D eigenvalue weighted by Gasteiger charge is -2.52. The summed E-state index contributed by atoms with van der Waals surface area (Å²) >= 11 is 0. The van der Waals surface area contributed by atoms with Gasteiger partial charge in [-0.15, -0.1) is 0 Å². The Bertz CT molecular complexity index is 961. The highest BCUT2D eigenvalue weighted by Crippen LogP contribution is 2.49. The topological polar surface area (TPSA) is 105 Å². The van der Waals surface area contributed by atoms with Crippen molar-refractivity contribution in [1.29, 1.82) is 0 Å². The van der Waals surface area contributed by atoms with Gasteiger partial charge in [-0.05, 0) is 25.0 Å². The fourth-order valence-corrected chi connectivity index (χ4v) is 3.88. The van der Waals surface area contributed by atoms with Gasteiger partial charge < -0.3 is 20.1 Å². The number of rotatable bonds is 6. The van der Waals surface area contributed by atoms with Gasteiger partial charge in [-0.2, -0.15) is 0 Å². The van der Waals surface area contributed by atoms with Crippen LogP contribution in [0.5, 0.6) is 5.75 Å². The number of amides is 1. The number of hydrogen-bond acceptors (Lipinski definition) is 6. The Hall–Kier alpha value is -3.13. The van der Waals surface area contributed by atoms with Crippen LogP contribution in [-0.4, -0.2) is 28.4 Å². The Labute approximate surface area is 175 Å². The van der Waals surface area contributed by atoms with Gasteiger partial charge in [-0.1, -0.05) is 39.0 Å². The summed E-state index contributed by atoms with van der Waals surface area (Å²) in [5.74, 6) is -1.81. The van der Waals surface area contributed by atoms with E-state index in [2.05, 4.69) is 5.32 Å². The predicted octanol–water partition coefficient (Wildman–Crippen LogP) is 4.08. The first-order valence-electron chi connectivity index (χ1n) is 9.92. The normalized spacial score (nSPS) is 19.4. The molecule has 1 aliphatic rings. The van der Waals surface area contributed by atoms with E-state index in [4.69, 9.17) is 4.74 Å². The number of nitrogens with one attached hydrogen (secondary N) is 1. The highest BCUT2D eigenvalue weighted by Gasteiger charge is 2.54. The van der Waals surface area contributed by atoms with Gasteiger partial charge in [0.15, 0.2) is 0 Å². The number of ether oxygens (including phenoxy) is 1. The van der Waals surface area contributed by atoms with Gasteiger partial charge in [-0.3, -0.25) is 14.9 Å². The molecular weight excluding hydrogens is 386 g/mol. The SMILES string of the molecule is CCCN(c1ccccc1)C1(O)Oc2cc(NC(C)=O)c([N+](=O)[O-])cc2CC1(C)C. The van der Waals surface area contributed by atoms with Crippen molar-refractivity contribution >= 4 is 23.0 Å². The number of para-hydroxylation sites is 1. The van der Waals surface area contributed by atoms with Crippen molar-refractivity contribution in [3.05, 3.63) is 58.1 Å². The second-order valence-electron chi connectivity index (χ2n) is 8.17. The van der Waals surface area contributed by atoms with Crippen molar-refractivity contribution in [2.45, 2.75) is 46.4 Å². The van der Waals surface area contributed by atoms with Gasteiger partial charge in [0.05, 0.1) is 10.3 Å². The molecule has 0 saturated carbocycles. The molecule has 2 aromatic rings. The van der Waals surface area contributed by atoms with Gasteiger partial charge in [0.2, 0.25) is 5.91 Å². The molecule has 2 aromatic carbocycles. The van der Waals surface area contributed by atoms with E-state index in [9.17, 15) is 20.0 Å². The van der Waals surface area contributed by atoms with Gasteiger partial charge in [0, 0.05) is 36.9 Å². The minimum atomic E-state index is -1.69. The molecule has 0 spiro atoms. The first kappa shape index (κ1) is 21.6. The fourth-order valence-electron chi connectivity index (χ4n) is 3.88. The van der Waals surface area contributed by atoms with E-state index in [1.54, 1.807) is 0 Å². The molecule has 0 radical (unpaired) electrons. The fraction of sp³-hybridized carbons (Fsp3) is 0.409. The number of anilines is 2. The van der Waals surface area contributed by atoms with Crippen molar-refractivity contribution in [3.8, 4) is 5.75 Å². The van der Waals surface area contributed by atoms with Gasteiger partial charge in [0.1, 0.15) is 11.4 Å². The van der Waals surface area contributed by atoms with E-state index >= 15 is 0 Å². The van der Waals surface area contributed by atoms with Crippen LogP contribution in [0.2, 0.25) is 0 Å². The molecule has 0 fully saturated rings. The maximum absolute atomic E-state index is 11.8. The van der Waals surface area contributed by atoms with E-state index < -0.39 is 22.2 Å². The number of benzene rings is 2. The number of nitrogens with zero attached hydrogens (tertiary/aromatic N) is 2. The number of nitro benzene ring substituents is 1. The Morgan fingerprint density at radius 3 is 2.53 bits per heavy atom. The van der Waals surface area contributed by atoms with Crippen LogP contribution >= 0.6 is 0 Å². The molecular formula is C22H27N3O5. The first-order chi connectivity index (χ1) is 14.1. The van der Waals surface area contributed by atoms with E-state index in [1.807, 2.05) is 56.0 Å². The molecule has 8 heteroatoms. The standard InChI is InChI=1S/C22H27N3O5/c1-5-11-24(17-9-7-6-8-10-17)22(27)21(3,4)14-16-12-19(25(28)29)18(23-15(2)26)13-20(16)30-22/h6-10,12-13,27H,5,11,14H2,1-4H3,(H,23,26). The summed E-state index contributed by atoms with van der Waals surface area (Å²) in [7, 11) is 0. The first-order valence-corrected chi connectivity index (χ1v) is 9.92. The number of hydrogen-bond donors (Lipinski definition) is 2. The second kappa shape index (κ2) is 7.95. The molecule has 8 nitrogen and oxygen atoms in total. The Morgan fingerprint density at radius 2 is 1.97 bits per heavy atom. The summed E-state index contributed by atoms with van der Waals surface area (Å²) in [6.45, 7) is 7.58. The molecule has 1 unspecified atom stereocenters. The molecule has 2 N–H and O–H groups in total. The number of carbonyl (C=O) groups excluding carboxylic acids is 1. The second-order valence-corrected chi connectivity index (χ2v) is 8.17. The third kappa shape index (κ3) is 3.82. The van der Waals surface area contributed by atoms with E-state index in [1.165, 1.54) is 19.1 Å². The average molecular weight is 413 g/mol. The third-order valence-corrected chi connectivity index (χ3v) is 5.33. The van der Waals surface area contributed by atoms with Crippen molar-refractivity contribution < 1.29 is 19.6 Å². The number of carbonyl (C=O) groups is 1. The van der Waals surface area contributed by atoms with Crippen LogP contribution in [0.3, 0.4) is 0 Å². The maximum Gasteiger partial charge on any atom is 0.297 e. The van der Waals surface area contributed by atoms with Crippen LogP contribution in [0.1, 0.15) is 39.7 Å². The van der Waals surface area contributed by atoms with Crippen LogP contribution < -0.4 is 15.0 Å². The largest absolute Gasteiger partial charge is 0.443 e. The number of aliphatic hydroxyl groups is 1. The lowest BCUT2D eigenvalue weighted by atomic mass is 9.78. The summed E-state index contributed by atoms with van der Waals surface area (Å²) < 4.78 is 6.17. The summed E-state index contributed by atoms with van der Waals surface area (Å²) in [5.41, 5.74) is 0.462. The molecule has 1 amide bonds. The van der Waals surface area contributed by atoms with Gasteiger partial charge >= 0.3 is 0 Å². The Balaban J connectivity index is 2.12. The molecule has 0 bridgehead atoms. The van der Waals surface area contributed by atoms with Crippen molar-refractivity contribution in [2.24, 2.45) is 5.41 Å². The summed E-state index contributed by atoms with van der Waals surface area (Å²) in [5, 5.41) is 25.8. The molecule has 0 saturated heterocycles. The van der Waals surface area contributed by atoms with E-state index in [-0.39, 0.29) is 11.4 Å². The highest BCUT2D eigenvalue weighted by molar-refractivity contribution is 5.92. The molecule has 3 rings (SSSR count). The third-order valence-electron chi connectivity index (χ3n) is 5.33. The molecule has 1 heterocycles. The monoisotopic (exact) mass is 413 g/mol. The zero-order chi connectivity index (χ0) is 22.1. The van der Waals surface area contributed by atoms with E-state index in [0.29, 0.717) is 24.3 Å². The van der Waals surface area contributed by atoms with Crippen LogP contribution in [0, 0.1) is 15.5 Å². The van der Waals surface area contributed by atoms with E-state index in [0.717, 1.165) is 12.1 Å². The van der Waals surface area contributed by atoms with Gasteiger partial charge in [-0.25, -0.2) is 0 Å². The zero-order valence-corrected chi connectivity index (χ0v) is 17.6. The molecule has 30 heavy (non-hydrogen) atoms. The lowest BCUT2D eigenvalue weighted by Crippen LogP contribution is -2.65. The minimum absolute atomic E-state index is 0.0371. The molecule has 160 valence electrons. The Kier molecular flexibility index (Phi) is 5.72. The zero-order valence-electron chi connectivity index (χ0n) is 17.6. The average Bonchev–Trinajstić information content (AvgIpc) is 2.66. The van der Waals surface area contributed by atoms with Crippen LogP contribution in [0.15, 0.2) is 42.5 Å². The predicted molar refractivity (Wildman–Crippen MR) is 115 cm³/mol. The van der Waals surface area contributed by atoms with Crippen LogP contribution in [-0.2, 0) is 11.2 Å². The highest BCUT2D eigenvalue weighted by atomic mass is 16.7. The quantitative estimate of drug-likeness (QED) is 0.420. The summed E-state index contributed by atoms with van der Waals surface area (Å²) in [6, 6.07) is 12.3. The van der Waals surface area contributed by atoms with Crippen LogP contribution in [0.4, 0.5) is 17.1 Å². The summed E-state index contributed by atoms with van der Waals surface area (Å²) in [6.07, 6.45) is 1.13. The minimum Gasteiger partial charge on any atom is -0.443 e. The van der Waals surface area contributed by atoms with Crippen molar-refractivity contribution in [3.63, 3.8) is 0 Å². The van der Waals surface area contributed by atoms with Gasteiger partial charge in [0.25, 0.3) is 11.6 Å². The van der Waals surface area contributed by atoms with Crippen LogP contribution in [0.25, 0.3) is 0 Å². The number of fused-ring (bicyclic) bond motifs is 1. The lowest BCUT2D eigenvalue weighted by molar-refractivity contribution is -0.384. The Morgan fingerprint density at radius 1 is 1.30 bits per heavy atom. The maximum atomic E-state index is 11.8. The van der Waals surface area contributed by atoms with Crippen molar-refractivity contribution in [1.82, 2.24) is 0 Å². The molecule has 1 atom stereocenters.